The molecule has 0 radical (unpaired) electrons. The molecule has 5 heteroatoms. The highest BCUT2D eigenvalue weighted by Gasteiger charge is 2.14. The Morgan fingerprint density at radius 1 is 1.00 bits per heavy atom. The third-order valence-electron chi connectivity index (χ3n) is 3.94. The monoisotopic (exact) mass is 382 g/mol. The van der Waals surface area contributed by atoms with E-state index in [2.05, 4.69) is 53.7 Å². The molecule has 4 aromatic rings. The van der Waals surface area contributed by atoms with Crippen molar-refractivity contribution in [3.8, 4) is 11.1 Å². The molecule has 0 saturated carbocycles. The first-order chi connectivity index (χ1) is 12.2. The first kappa shape index (κ1) is 16.6. The molecule has 0 bridgehead atoms. The van der Waals surface area contributed by atoms with Gasteiger partial charge in [0.2, 0.25) is 0 Å². The predicted molar refractivity (Wildman–Crippen MR) is 109 cm³/mol. The summed E-state index contributed by atoms with van der Waals surface area (Å²) in [5.74, 6) is 0.832. The lowest BCUT2D eigenvalue weighted by atomic mass is 10.1. The van der Waals surface area contributed by atoms with Gasteiger partial charge in [-0.05, 0) is 18.1 Å². The smallest absolute Gasteiger partial charge is 0.190 e. The minimum Gasteiger partial charge on any atom is -0.211 e. The summed E-state index contributed by atoms with van der Waals surface area (Å²) < 4.78 is 0. The number of benzene rings is 2. The Kier molecular flexibility index (Phi) is 4.75. The van der Waals surface area contributed by atoms with Crippen LogP contribution in [-0.2, 0) is 5.75 Å². The number of aromatic nitrogens is 2. The van der Waals surface area contributed by atoms with E-state index >= 15 is 0 Å². The molecular weight excluding hydrogens is 368 g/mol. The van der Waals surface area contributed by atoms with Gasteiger partial charge >= 0.3 is 0 Å². The van der Waals surface area contributed by atoms with Crippen LogP contribution in [0, 0.1) is 6.92 Å². The standard InChI is InChI=1S/C20H15ClN2S2/c1-13-7-9-14(10-8-13)11-25-20-22-18(21)17-16(12-24-19(17)23-20)15-5-3-2-4-6-15/h2-10,12H,11H2,1H3. The molecule has 2 aromatic carbocycles. The Balaban J connectivity index is 1.63. The highest BCUT2D eigenvalue weighted by atomic mass is 35.5. The Labute approximate surface area is 159 Å². The number of nitrogens with zero attached hydrogens (tertiary/aromatic N) is 2. The molecule has 0 aliphatic heterocycles. The van der Waals surface area contributed by atoms with Crippen LogP contribution in [-0.4, -0.2) is 9.97 Å². The minimum absolute atomic E-state index is 0.525. The third kappa shape index (κ3) is 3.56. The van der Waals surface area contributed by atoms with Crippen molar-refractivity contribution in [1.82, 2.24) is 9.97 Å². The molecule has 0 amide bonds. The van der Waals surface area contributed by atoms with Gasteiger partial charge in [0, 0.05) is 16.7 Å². The number of thioether (sulfide) groups is 1. The lowest BCUT2D eigenvalue weighted by Crippen LogP contribution is -1.90. The van der Waals surface area contributed by atoms with E-state index in [1.54, 1.807) is 23.1 Å². The Morgan fingerprint density at radius 2 is 1.76 bits per heavy atom. The maximum Gasteiger partial charge on any atom is 0.190 e. The van der Waals surface area contributed by atoms with Gasteiger partial charge in [-0.3, -0.25) is 0 Å². The van der Waals surface area contributed by atoms with Gasteiger partial charge in [0.1, 0.15) is 9.98 Å². The highest BCUT2D eigenvalue weighted by molar-refractivity contribution is 7.98. The topological polar surface area (TPSA) is 25.8 Å². The Hall–Kier alpha value is -1.88. The van der Waals surface area contributed by atoms with Gasteiger partial charge in [-0.2, -0.15) is 0 Å². The van der Waals surface area contributed by atoms with Crippen LogP contribution in [0.5, 0.6) is 0 Å². The van der Waals surface area contributed by atoms with Crippen molar-refractivity contribution in [2.45, 2.75) is 17.8 Å². The number of halogens is 1. The van der Waals surface area contributed by atoms with Crippen molar-refractivity contribution >= 4 is 44.9 Å². The molecule has 2 aromatic heterocycles. The molecule has 4 rings (SSSR count). The van der Waals surface area contributed by atoms with Gasteiger partial charge in [0.25, 0.3) is 0 Å². The normalized spacial score (nSPS) is 11.1. The average molecular weight is 383 g/mol. The first-order valence-corrected chi connectivity index (χ1v) is 10.1. The quantitative estimate of drug-likeness (QED) is 0.225. The fourth-order valence-electron chi connectivity index (χ4n) is 2.61. The molecule has 0 fully saturated rings. The van der Waals surface area contributed by atoms with Gasteiger partial charge in [0.15, 0.2) is 5.16 Å². The molecule has 2 heterocycles. The fraction of sp³-hybridized carbons (Fsp3) is 0.100. The third-order valence-corrected chi connectivity index (χ3v) is 6.01. The minimum atomic E-state index is 0.525. The first-order valence-electron chi connectivity index (χ1n) is 7.89. The van der Waals surface area contributed by atoms with E-state index in [0.29, 0.717) is 5.15 Å². The predicted octanol–water partition coefficient (Wildman–Crippen LogP) is 6.61. The van der Waals surface area contributed by atoms with Crippen LogP contribution < -0.4 is 0 Å². The summed E-state index contributed by atoms with van der Waals surface area (Å²) >= 11 is 9.73. The van der Waals surface area contributed by atoms with Crippen LogP contribution in [0.1, 0.15) is 11.1 Å². The molecule has 0 saturated heterocycles. The van der Waals surface area contributed by atoms with Crippen molar-refractivity contribution in [3.05, 3.63) is 76.3 Å². The number of hydrogen-bond donors (Lipinski definition) is 0. The van der Waals surface area contributed by atoms with Crippen LogP contribution >= 0.6 is 34.7 Å². The zero-order valence-corrected chi connectivity index (χ0v) is 16.0. The van der Waals surface area contributed by atoms with Crippen molar-refractivity contribution in [1.29, 1.82) is 0 Å². The second-order valence-corrected chi connectivity index (χ2v) is 7.93. The molecule has 0 unspecified atom stereocenters. The summed E-state index contributed by atoms with van der Waals surface area (Å²) in [6.07, 6.45) is 0. The van der Waals surface area contributed by atoms with Crippen LogP contribution in [0.25, 0.3) is 21.3 Å². The summed E-state index contributed by atoms with van der Waals surface area (Å²) in [6.45, 7) is 2.09. The van der Waals surface area contributed by atoms with E-state index in [1.807, 2.05) is 18.2 Å². The van der Waals surface area contributed by atoms with E-state index in [1.165, 1.54) is 11.1 Å². The lowest BCUT2D eigenvalue weighted by Gasteiger charge is -2.04. The van der Waals surface area contributed by atoms with E-state index in [4.69, 9.17) is 16.6 Å². The summed E-state index contributed by atoms with van der Waals surface area (Å²) in [4.78, 5) is 10.2. The maximum absolute atomic E-state index is 6.50. The van der Waals surface area contributed by atoms with Crippen LogP contribution in [0.3, 0.4) is 0 Å². The summed E-state index contributed by atoms with van der Waals surface area (Å²) in [7, 11) is 0. The summed E-state index contributed by atoms with van der Waals surface area (Å²) in [5, 5.41) is 4.29. The van der Waals surface area contributed by atoms with Crippen molar-refractivity contribution < 1.29 is 0 Å². The Bertz CT molecular complexity index is 1010. The van der Waals surface area contributed by atoms with Crippen LogP contribution in [0.4, 0.5) is 0 Å². The van der Waals surface area contributed by atoms with Gasteiger partial charge in [-0.1, -0.05) is 83.5 Å². The lowest BCUT2D eigenvalue weighted by molar-refractivity contribution is 1.01. The van der Waals surface area contributed by atoms with E-state index in [0.717, 1.165) is 32.3 Å². The van der Waals surface area contributed by atoms with E-state index in [-0.39, 0.29) is 0 Å². The molecule has 2 nitrogen and oxygen atoms in total. The zero-order valence-electron chi connectivity index (χ0n) is 13.6. The second kappa shape index (κ2) is 7.16. The number of rotatable bonds is 4. The maximum atomic E-state index is 6.50. The largest absolute Gasteiger partial charge is 0.211 e. The summed E-state index contributed by atoms with van der Waals surface area (Å²) in [5.41, 5.74) is 4.76. The average Bonchev–Trinajstić information content (AvgIpc) is 3.07. The fourth-order valence-corrected chi connectivity index (χ4v) is 4.79. The van der Waals surface area contributed by atoms with E-state index in [9.17, 15) is 0 Å². The Morgan fingerprint density at radius 3 is 2.52 bits per heavy atom. The second-order valence-electron chi connectivity index (χ2n) is 5.77. The van der Waals surface area contributed by atoms with Gasteiger partial charge in [-0.25, -0.2) is 9.97 Å². The number of fused-ring (bicyclic) bond motifs is 1. The summed E-state index contributed by atoms with van der Waals surface area (Å²) in [6, 6.07) is 18.8. The van der Waals surface area contributed by atoms with Crippen LogP contribution in [0.15, 0.2) is 65.1 Å². The van der Waals surface area contributed by atoms with E-state index < -0.39 is 0 Å². The highest BCUT2D eigenvalue weighted by Crippen LogP contribution is 2.37. The molecule has 0 atom stereocenters. The molecule has 0 aliphatic carbocycles. The SMILES string of the molecule is Cc1ccc(CSc2nc(Cl)c3c(-c4ccccc4)csc3n2)cc1. The molecule has 0 spiro atoms. The van der Waals surface area contributed by atoms with Crippen molar-refractivity contribution in [2.75, 3.05) is 0 Å². The van der Waals surface area contributed by atoms with Gasteiger partial charge in [-0.15, -0.1) is 11.3 Å². The zero-order chi connectivity index (χ0) is 17.2. The van der Waals surface area contributed by atoms with Crippen molar-refractivity contribution in [3.63, 3.8) is 0 Å². The van der Waals surface area contributed by atoms with Crippen molar-refractivity contribution in [2.24, 2.45) is 0 Å². The van der Waals surface area contributed by atoms with Gasteiger partial charge < -0.3 is 0 Å². The number of aryl methyl sites for hydroxylation is 1. The number of thiophene rings is 1. The molecular formula is C20H15ClN2S2. The molecule has 25 heavy (non-hydrogen) atoms. The van der Waals surface area contributed by atoms with Crippen LogP contribution in [0.2, 0.25) is 5.15 Å². The molecule has 0 aliphatic rings. The molecule has 124 valence electrons. The van der Waals surface area contributed by atoms with Gasteiger partial charge in [0.05, 0.1) is 5.39 Å². The number of hydrogen-bond acceptors (Lipinski definition) is 4. The molecule has 0 N–H and O–H groups in total.